The number of aromatic nitrogens is 3. The van der Waals surface area contributed by atoms with Crippen LogP contribution in [0, 0.1) is 17.6 Å². The van der Waals surface area contributed by atoms with E-state index >= 15 is 0 Å². The standard InChI is InChI=1S/C23H19F2N5O2/c24-14-2-1-3-15(25)20(14)16-8-17(21-18(29-16)11-28-23(21)32)30-19-7-6-13(10-26-19)22(31)27-9-12-4-5-12/h1-3,6-8,10-12,28,32H,4-5,9H2,(H,26,30)(H,27,31). The van der Waals surface area contributed by atoms with E-state index in [0.29, 0.717) is 40.4 Å². The maximum Gasteiger partial charge on any atom is 0.252 e. The first-order chi connectivity index (χ1) is 15.5. The van der Waals surface area contributed by atoms with Crippen molar-refractivity contribution in [2.75, 3.05) is 11.9 Å². The van der Waals surface area contributed by atoms with Gasteiger partial charge in [0, 0.05) is 18.9 Å². The molecule has 0 unspecified atom stereocenters. The maximum atomic E-state index is 14.3. The Labute approximate surface area is 181 Å². The monoisotopic (exact) mass is 435 g/mol. The molecule has 9 heteroatoms. The predicted octanol–water partition coefficient (Wildman–Crippen LogP) is 4.49. The van der Waals surface area contributed by atoms with Gasteiger partial charge in [-0.2, -0.15) is 0 Å². The molecule has 3 aromatic heterocycles. The summed E-state index contributed by atoms with van der Waals surface area (Å²) in [6, 6.07) is 8.27. The quantitative estimate of drug-likeness (QED) is 0.357. The molecule has 1 aliphatic rings. The van der Waals surface area contributed by atoms with E-state index in [1.807, 2.05) is 0 Å². The first kappa shape index (κ1) is 19.9. The molecule has 32 heavy (non-hydrogen) atoms. The number of nitrogens with one attached hydrogen (secondary N) is 3. The molecule has 0 atom stereocenters. The largest absolute Gasteiger partial charge is 0.494 e. The molecule has 162 valence electrons. The molecule has 1 fully saturated rings. The lowest BCUT2D eigenvalue weighted by molar-refractivity contribution is 0.0951. The highest BCUT2D eigenvalue weighted by atomic mass is 19.1. The van der Waals surface area contributed by atoms with Gasteiger partial charge in [-0.25, -0.2) is 18.7 Å². The predicted molar refractivity (Wildman–Crippen MR) is 116 cm³/mol. The van der Waals surface area contributed by atoms with Crippen LogP contribution >= 0.6 is 0 Å². The molecular weight excluding hydrogens is 416 g/mol. The van der Waals surface area contributed by atoms with E-state index in [0.717, 1.165) is 25.0 Å². The molecule has 1 aromatic carbocycles. The summed E-state index contributed by atoms with van der Waals surface area (Å²) in [5, 5.41) is 16.5. The third-order valence-corrected chi connectivity index (χ3v) is 5.39. The number of hydrogen-bond donors (Lipinski definition) is 4. The Morgan fingerprint density at radius 3 is 2.66 bits per heavy atom. The fourth-order valence-corrected chi connectivity index (χ4v) is 3.50. The summed E-state index contributed by atoms with van der Waals surface area (Å²) < 4.78 is 28.7. The van der Waals surface area contributed by atoms with Crippen molar-refractivity contribution in [2.45, 2.75) is 12.8 Å². The first-order valence-corrected chi connectivity index (χ1v) is 10.2. The highest BCUT2D eigenvalue weighted by Crippen LogP contribution is 2.36. The molecule has 0 aliphatic heterocycles. The van der Waals surface area contributed by atoms with E-state index in [1.165, 1.54) is 24.5 Å². The number of H-pyrrole nitrogens is 1. The summed E-state index contributed by atoms with van der Waals surface area (Å²) in [4.78, 5) is 23.4. The number of pyridine rings is 2. The molecule has 7 nitrogen and oxygen atoms in total. The van der Waals surface area contributed by atoms with Crippen molar-refractivity contribution in [2.24, 2.45) is 5.92 Å². The minimum Gasteiger partial charge on any atom is -0.494 e. The second kappa shape index (κ2) is 7.92. The molecule has 1 amide bonds. The molecule has 1 aliphatic carbocycles. The number of anilines is 2. The van der Waals surface area contributed by atoms with Crippen molar-refractivity contribution in [1.29, 1.82) is 0 Å². The molecule has 3 heterocycles. The van der Waals surface area contributed by atoms with Gasteiger partial charge < -0.3 is 20.7 Å². The van der Waals surface area contributed by atoms with E-state index in [1.54, 1.807) is 12.1 Å². The van der Waals surface area contributed by atoms with Crippen LogP contribution in [0.1, 0.15) is 23.2 Å². The van der Waals surface area contributed by atoms with Gasteiger partial charge in [0.25, 0.3) is 5.91 Å². The minimum absolute atomic E-state index is 0.0608. The number of nitrogens with zero attached hydrogens (tertiary/aromatic N) is 2. The fraction of sp³-hybridized carbons (Fsp3) is 0.174. The third-order valence-electron chi connectivity index (χ3n) is 5.39. The van der Waals surface area contributed by atoms with Gasteiger partial charge in [0.1, 0.15) is 17.5 Å². The lowest BCUT2D eigenvalue weighted by Crippen LogP contribution is -2.25. The van der Waals surface area contributed by atoms with Crippen molar-refractivity contribution in [3.8, 4) is 17.1 Å². The van der Waals surface area contributed by atoms with Crippen LogP contribution in [0.15, 0.2) is 48.8 Å². The van der Waals surface area contributed by atoms with Crippen molar-refractivity contribution >= 4 is 28.3 Å². The molecule has 4 aromatic rings. The van der Waals surface area contributed by atoms with Crippen molar-refractivity contribution < 1.29 is 18.7 Å². The minimum atomic E-state index is -0.748. The van der Waals surface area contributed by atoms with Gasteiger partial charge in [-0.05, 0) is 49.1 Å². The zero-order chi connectivity index (χ0) is 22.2. The topological polar surface area (TPSA) is 103 Å². The van der Waals surface area contributed by atoms with Gasteiger partial charge in [-0.1, -0.05) is 6.07 Å². The Balaban J connectivity index is 1.47. The van der Waals surface area contributed by atoms with Gasteiger partial charge in [-0.3, -0.25) is 4.79 Å². The van der Waals surface area contributed by atoms with E-state index in [2.05, 4.69) is 25.6 Å². The van der Waals surface area contributed by atoms with E-state index in [4.69, 9.17) is 0 Å². The number of carbonyl (C=O) groups excluding carboxylic acids is 1. The SMILES string of the molecule is O=C(NCC1CC1)c1ccc(Nc2cc(-c3c(F)cccc3F)nc3c[nH]c(O)c23)nc1. The number of hydrogen-bond acceptors (Lipinski definition) is 5. The lowest BCUT2D eigenvalue weighted by atomic mass is 10.1. The molecule has 1 saturated carbocycles. The molecule has 4 N–H and O–H groups in total. The Morgan fingerprint density at radius 1 is 1.19 bits per heavy atom. The number of halogens is 2. The Bertz CT molecular complexity index is 1300. The molecule has 5 rings (SSSR count). The van der Waals surface area contributed by atoms with Crippen molar-refractivity contribution in [3.05, 3.63) is 66.0 Å². The molecule has 0 saturated heterocycles. The number of benzene rings is 1. The second-order valence-electron chi connectivity index (χ2n) is 7.76. The van der Waals surface area contributed by atoms with Gasteiger partial charge in [0.2, 0.25) is 0 Å². The second-order valence-corrected chi connectivity index (χ2v) is 7.76. The van der Waals surface area contributed by atoms with E-state index in [-0.39, 0.29) is 23.0 Å². The Morgan fingerprint density at radius 2 is 1.97 bits per heavy atom. The number of amides is 1. The Kier molecular flexibility index (Phi) is 4.93. The molecule has 0 spiro atoms. The maximum absolute atomic E-state index is 14.3. The van der Waals surface area contributed by atoms with Crippen LogP contribution in [-0.4, -0.2) is 32.5 Å². The van der Waals surface area contributed by atoms with Gasteiger partial charge in [0.05, 0.1) is 33.4 Å². The van der Waals surface area contributed by atoms with Crippen LogP contribution in [-0.2, 0) is 0 Å². The van der Waals surface area contributed by atoms with Crippen LogP contribution in [0.25, 0.3) is 22.2 Å². The van der Waals surface area contributed by atoms with Crippen LogP contribution in [0.3, 0.4) is 0 Å². The fourth-order valence-electron chi connectivity index (χ4n) is 3.50. The average Bonchev–Trinajstić information content (AvgIpc) is 3.54. The zero-order valence-corrected chi connectivity index (χ0v) is 16.8. The lowest BCUT2D eigenvalue weighted by Gasteiger charge is -2.11. The van der Waals surface area contributed by atoms with Gasteiger partial charge in [0.15, 0.2) is 5.88 Å². The smallest absolute Gasteiger partial charge is 0.252 e. The van der Waals surface area contributed by atoms with Crippen LogP contribution in [0.5, 0.6) is 5.88 Å². The number of aromatic amines is 1. The first-order valence-electron chi connectivity index (χ1n) is 10.2. The highest BCUT2D eigenvalue weighted by molar-refractivity contribution is 5.99. The van der Waals surface area contributed by atoms with Gasteiger partial charge >= 0.3 is 0 Å². The van der Waals surface area contributed by atoms with E-state index in [9.17, 15) is 18.7 Å². The summed E-state index contributed by atoms with van der Waals surface area (Å²) in [6.45, 7) is 0.663. The molecule has 0 bridgehead atoms. The highest BCUT2D eigenvalue weighted by Gasteiger charge is 2.22. The van der Waals surface area contributed by atoms with Crippen LogP contribution in [0.4, 0.5) is 20.3 Å². The Hall–Kier alpha value is -4.01. The van der Waals surface area contributed by atoms with E-state index < -0.39 is 11.6 Å². The summed E-state index contributed by atoms with van der Waals surface area (Å²) in [7, 11) is 0. The summed E-state index contributed by atoms with van der Waals surface area (Å²) >= 11 is 0. The summed E-state index contributed by atoms with van der Waals surface area (Å²) in [6.07, 6.45) is 5.18. The van der Waals surface area contributed by atoms with Crippen molar-refractivity contribution in [3.63, 3.8) is 0 Å². The third kappa shape index (κ3) is 3.84. The van der Waals surface area contributed by atoms with Crippen molar-refractivity contribution in [1.82, 2.24) is 20.3 Å². The molecular formula is C23H19F2N5O2. The van der Waals surface area contributed by atoms with Crippen LogP contribution in [0.2, 0.25) is 0 Å². The number of fused-ring (bicyclic) bond motifs is 1. The average molecular weight is 435 g/mol. The van der Waals surface area contributed by atoms with Gasteiger partial charge in [-0.15, -0.1) is 0 Å². The zero-order valence-electron chi connectivity index (χ0n) is 16.8. The van der Waals surface area contributed by atoms with Crippen LogP contribution < -0.4 is 10.6 Å². The number of aromatic hydroxyl groups is 1. The summed E-state index contributed by atoms with van der Waals surface area (Å²) in [5.41, 5.74) is 0.889. The number of rotatable bonds is 6. The normalized spacial score (nSPS) is 13.3. The molecule has 0 radical (unpaired) electrons. The summed E-state index contributed by atoms with van der Waals surface area (Å²) in [5.74, 6) is -0.875. The number of carbonyl (C=O) groups is 1.